The number of hydrogen-bond acceptors (Lipinski definition) is 3. The predicted octanol–water partition coefficient (Wildman–Crippen LogP) is 2.82. The second-order valence-corrected chi connectivity index (χ2v) is 5.23. The summed E-state index contributed by atoms with van der Waals surface area (Å²) in [6.07, 6.45) is 2.67. The van der Waals surface area contributed by atoms with Gasteiger partial charge in [-0.1, -0.05) is 24.3 Å². The van der Waals surface area contributed by atoms with Gasteiger partial charge in [0.15, 0.2) is 0 Å². The highest BCUT2D eigenvalue weighted by molar-refractivity contribution is 5.87. The lowest BCUT2D eigenvalue weighted by atomic mass is 9.97. The van der Waals surface area contributed by atoms with Crippen LogP contribution in [0.3, 0.4) is 0 Å². The van der Waals surface area contributed by atoms with Crippen molar-refractivity contribution < 1.29 is 4.74 Å². The van der Waals surface area contributed by atoms with Crippen LogP contribution in [0.1, 0.15) is 17.3 Å². The molecule has 0 radical (unpaired) electrons. The van der Waals surface area contributed by atoms with E-state index in [1.807, 2.05) is 25.4 Å². The molecule has 0 aliphatic rings. The van der Waals surface area contributed by atoms with Crippen LogP contribution in [0, 0.1) is 0 Å². The molecule has 0 spiro atoms. The first-order chi connectivity index (χ1) is 10.2. The van der Waals surface area contributed by atoms with Crippen LogP contribution < -0.4 is 10.5 Å². The van der Waals surface area contributed by atoms with Gasteiger partial charge in [-0.25, -0.2) is 0 Å². The number of aromatic nitrogens is 2. The standard InChI is InChI=1S/C17H19N3O/c1-20-9-8-17(19-20)16(18)10-13-5-3-4-12-6-7-14(21-2)11-15(12)13/h3-9,11,16H,10,18H2,1-2H3. The van der Waals surface area contributed by atoms with E-state index in [1.165, 1.54) is 16.3 Å². The summed E-state index contributed by atoms with van der Waals surface area (Å²) in [6, 6.07) is 14.3. The number of methoxy groups -OCH3 is 1. The number of aryl methyl sites for hydroxylation is 1. The zero-order valence-corrected chi connectivity index (χ0v) is 12.3. The second-order valence-electron chi connectivity index (χ2n) is 5.23. The van der Waals surface area contributed by atoms with Gasteiger partial charge in [0.2, 0.25) is 0 Å². The fraction of sp³-hybridized carbons (Fsp3) is 0.235. The third-order valence-electron chi connectivity index (χ3n) is 3.73. The maximum Gasteiger partial charge on any atom is 0.119 e. The number of benzene rings is 2. The van der Waals surface area contributed by atoms with Gasteiger partial charge >= 0.3 is 0 Å². The van der Waals surface area contributed by atoms with E-state index in [-0.39, 0.29) is 6.04 Å². The monoisotopic (exact) mass is 281 g/mol. The Morgan fingerprint density at radius 2 is 2.10 bits per heavy atom. The van der Waals surface area contributed by atoms with Gasteiger partial charge in [-0.2, -0.15) is 5.10 Å². The molecule has 21 heavy (non-hydrogen) atoms. The Kier molecular flexibility index (Phi) is 3.62. The molecule has 2 N–H and O–H groups in total. The molecule has 1 unspecified atom stereocenters. The van der Waals surface area contributed by atoms with Gasteiger partial charge in [0.1, 0.15) is 5.75 Å². The van der Waals surface area contributed by atoms with E-state index in [4.69, 9.17) is 10.5 Å². The van der Waals surface area contributed by atoms with E-state index in [0.29, 0.717) is 0 Å². The third-order valence-corrected chi connectivity index (χ3v) is 3.73. The molecule has 1 aromatic heterocycles. The van der Waals surface area contributed by atoms with Crippen molar-refractivity contribution >= 4 is 10.8 Å². The van der Waals surface area contributed by atoms with E-state index in [0.717, 1.165) is 17.9 Å². The minimum atomic E-state index is -0.108. The van der Waals surface area contributed by atoms with E-state index >= 15 is 0 Å². The zero-order chi connectivity index (χ0) is 14.8. The highest BCUT2D eigenvalue weighted by Gasteiger charge is 2.12. The molecule has 3 aromatic rings. The zero-order valence-electron chi connectivity index (χ0n) is 12.3. The highest BCUT2D eigenvalue weighted by Crippen LogP contribution is 2.26. The van der Waals surface area contributed by atoms with Crippen LogP contribution in [-0.4, -0.2) is 16.9 Å². The summed E-state index contributed by atoms with van der Waals surface area (Å²) < 4.78 is 7.10. The number of fused-ring (bicyclic) bond motifs is 1. The maximum absolute atomic E-state index is 6.29. The van der Waals surface area contributed by atoms with Crippen molar-refractivity contribution in [1.82, 2.24) is 9.78 Å². The summed E-state index contributed by atoms with van der Waals surface area (Å²) in [5.41, 5.74) is 8.42. The van der Waals surface area contributed by atoms with Gasteiger partial charge in [-0.15, -0.1) is 0 Å². The van der Waals surface area contributed by atoms with E-state index in [1.54, 1.807) is 11.8 Å². The molecule has 0 aliphatic carbocycles. The third kappa shape index (κ3) is 2.76. The molecule has 3 rings (SSSR count). The summed E-state index contributed by atoms with van der Waals surface area (Å²) in [5.74, 6) is 0.862. The van der Waals surface area contributed by atoms with Crippen LogP contribution in [0.15, 0.2) is 48.7 Å². The molecule has 4 heteroatoms. The first-order valence-corrected chi connectivity index (χ1v) is 6.98. The Balaban J connectivity index is 1.96. The second kappa shape index (κ2) is 5.58. The van der Waals surface area contributed by atoms with Gasteiger partial charge < -0.3 is 10.5 Å². The van der Waals surface area contributed by atoms with E-state index in [2.05, 4.69) is 35.4 Å². The number of hydrogen-bond donors (Lipinski definition) is 1. The molecule has 1 atom stereocenters. The molecule has 4 nitrogen and oxygen atoms in total. The summed E-state index contributed by atoms with van der Waals surface area (Å²) in [7, 11) is 3.59. The van der Waals surface area contributed by atoms with E-state index < -0.39 is 0 Å². The fourth-order valence-corrected chi connectivity index (χ4v) is 2.59. The Morgan fingerprint density at radius 1 is 1.24 bits per heavy atom. The minimum Gasteiger partial charge on any atom is -0.497 e. The van der Waals surface area contributed by atoms with Gasteiger partial charge in [-0.3, -0.25) is 4.68 Å². The van der Waals surface area contributed by atoms with Crippen molar-refractivity contribution in [1.29, 1.82) is 0 Å². The van der Waals surface area contributed by atoms with Gasteiger partial charge in [0, 0.05) is 13.2 Å². The first kappa shape index (κ1) is 13.6. The normalized spacial score (nSPS) is 12.5. The summed E-state index contributed by atoms with van der Waals surface area (Å²) in [4.78, 5) is 0. The van der Waals surface area contributed by atoms with Crippen molar-refractivity contribution in [3.8, 4) is 5.75 Å². The lowest BCUT2D eigenvalue weighted by molar-refractivity contribution is 0.415. The SMILES string of the molecule is COc1ccc2cccc(CC(N)c3ccn(C)n3)c2c1. The lowest BCUT2D eigenvalue weighted by Gasteiger charge is -2.12. The summed E-state index contributed by atoms with van der Waals surface area (Å²) in [5, 5.41) is 6.77. The van der Waals surface area contributed by atoms with Gasteiger partial charge in [0.05, 0.1) is 18.8 Å². The molecule has 0 bridgehead atoms. The van der Waals surface area contributed by atoms with Crippen molar-refractivity contribution in [3.63, 3.8) is 0 Å². The van der Waals surface area contributed by atoms with Crippen LogP contribution >= 0.6 is 0 Å². The summed E-state index contributed by atoms with van der Waals surface area (Å²) in [6.45, 7) is 0. The van der Waals surface area contributed by atoms with E-state index in [9.17, 15) is 0 Å². The van der Waals surface area contributed by atoms with Gasteiger partial charge in [0.25, 0.3) is 0 Å². The molecule has 1 heterocycles. The molecule has 2 aromatic carbocycles. The van der Waals surface area contributed by atoms with Gasteiger partial charge in [-0.05, 0) is 41.0 Å². The Morgan fingerprint density at radius 3 is 2.81 bits per heavy atom. The molecule has 0 fully saturated rings. The molecule has 0 amide bonds. The van der Waals surface area contributed by atoms with Crippen LogP contribution in [0.25, 0.3) is 10.8 Å². The van der Waals surface area contributed by atoms with Crippen LogP contribution in [0.2, 0.25) is 0 Å². The molecular weight excluding hydrogens is 262 g/mol. The number of nitrogens with two attached hydrogens (primary N) is 1. The molecule has 0 saturated heterocycles. The van der Waals surface area contributed by atoms with Crippen molar-refractivity contribution in [2.45, 2.75) is 12.5 Å². The fourth-order valence-electron chi connectivity index (χ4n) is 2.59. The Labute approximate surface area is 124 Å². The minimum absolute atomic E-state index is 0.108. The number of ether oxygens (including phenoxy) is 1. The number of rotatable bonds is 4. The predicted molar refractivity (Wildman–Crippen MR) is 84.3 cm³/mol. The lowest BCUT2D eigenvalue weighted by Crippen LogP contribution is -2.14. The topological polar surface area (TPSA) is 53.1 Å². The molecule has 0 aliphatic heterocycles. The Bertz CT molecular complexity index is 764. The molecule has 108 valence electrons. The smallest absolute Gasteiger partial charge is 0.119 e. The average Bonchev–Trinajstić information content (AvgIpc) is 2.94. The molecule has 0 saturated carbocycles. The quantitative estimate of drug-likeness (QED) is 0.800. The van der Waals surface area contributed by atoms with Crippen molar-refractivity contribution in [2.75, 3.05) is 7.11 Å². The van der Waals surface area contributed by atoms with Crippen molar-refractivity contribution in [3.05, 3.63) is 59.9 Å². The highest BCUT2D eigenvalue weighted by atomic mass is 16.5. The first-order valence-electron chi connectivity index (χ1n) is 6.98. The van der Waals surface area contributed by atoms with Crippen LogP contribution in [0.5, 0.6) is 5.75 Å². The van der Waals surface area contributed by atoms with Crippen LogP contribution in [0.4, 0.5) is 0 Å². The number of nitrogens with zero attached hydrogens (tertiary/aromatic N) is 2. The largest absolute Gasteiger partial charge is 0.497 e. The average molecular weight is 281 g/mol. The summed E-state index contributed by atoms with van der Waals surface area (Å²) >= 11 is 0. The van der Waals surface area contributed by atoms with Crippen LogP contribution in [-0.2, 0) is 13.5 Å². The Hall–Kier alpha value is -2.33. The molecular formula is C17H19N3O. The van der Waals surface area contributed by atoms with Crippen molar-refractivity contribution in [2.24, 2.45) is 12.8 Å². The maximum atomic E-state index is 6.29.